The average Bonchev–Trinajstić information content (AvgIpc) is 3.77. The minimum atomic E-state index is 0.592. The summed E-state index contributed by atoms with van der Waals surface area (Å²) in [7, 11) is 0. The van der Waals surface area contributed by atoms with Crippen LogP contribution >= 0.6 is 0 Å². The first-order valence-electron chi connectivity index (χ1n) is 17.2. The van der Waals surface area contributed by atoms with Crippen LogP contribution in [0.4, 0.5) is 0 Å². The molecule has 0 amide bonds. The van der Waals surface area contributed by atoms with Crippen LogP contribution in [0, 0.1) is 0 Å². The van der Waals surface area contributed by atoms with Crippen LogP contribution in [0.1, 0.15) is 0 Å². The van der Waals surface area contributed by atoms with Crippen LogP contribution in [0.25, 0.3) is 111 Å². The van der Waals surface area contributed by atoms with Gasteiger partial charge in [0.25, 0.3) is 0 Å². The quantitative estimate of drug-likeness (QED) is 0.186. The van der Waals surface area contributed by atoms with Gasteiger partial charge in [-0.3, -0.25) is 0 Å². The number of nitrogens with zero attached hydrogens (tertiary/aromatic N) is 4. The zero-order valence-corrected chi connectivity index (χ0v) is 27.6. The van der Waals surface area contributed by atoms with Gasteiger partial charge in [0.05, 0.1) is 5.52 Å². The fraction of sp³-hybridized carbons (Fsp3) is 0. The summed E-state index contributed by atoms with van der Waals surface area (Å²) in [6.45, 7) is 0. The number of furan rings is 2. The number of pyridine rings is 1. The molecule has 11 rings (SSSR count). The van der Waals surface area contributed by atoms with E-state index in [1.54, 1.807) is 0 Å². The molecule has 0 fully saturated rings. The third-order valence-electron chi connectivity index (χ3n) is 9.93. The molecular formula is C46H26N4O2. The van der Waals surface area contributed by atoms with Gasteiger partial charge in [-0.1, -0.05) is 121 Å². The molecule has 0 unspecified atom stereocenters. The predicted octanol–water partition coefficient (Wildman–Crippen LogP) is 12.0. The van der Waals surface area contributed by atoms with E-state index in [2.05, 4.69) is 66.7 Å². The largest absolute Gasteiger partial charge is 0.456 e. The number of rotatable bonds is 4. The number of hydrogen-bond acceptors (Lipinski definition) is 6. The normalized spacial score (nSPS) is 11.8. The van der Waals surface area contributed by atoms with E-state index in [1.807, 2.05) is 91.0 Å². The second-order valence-electron chi connectivity index (χ2n) is 13.0. The van der Waals surface area contributed by atoms with Gasteiger partial charge in [-0.05, 0) is 58.3 Å². The number of fused-ring (bicyclic) bond motifs is 8. The Morgan fingerprint density at radius 1 is 0.346 bits per heavy atom. The summed E-state index contributed by atoms with van der Waals surface area (Å²) in [5, 5.41) is 7.28. The van der Waals surface area contributed by atoms with E-state index in [9.17, 15) is 0 Å². The van der Waals surface area contributed by atoms with Gasteiger partial charge < -0.3 is 8.83 Å². The lowest BCUT2D eigenvalue weighted by molar-refractivity contribution is 0.656. The molecule has 0 aliphatic rings. The number of benzene rings is 7. The maximum absolute atomic E-state index is 6.29. The Labute approximate surface area is 296 Å². The smallest absolute Gasteiger partial charge is 0.227 e. The van der Waals surface area contributed by atoms with Crippen LogP contribution in [0.5, 0.6) is 0 Å². The SMILES string of the molecule is c1ccc(-c2nc(-c3cccc4cc(-c5cccc6oc7nc8ccccc8cc7c56)ccc34)nc(-c3cccc4oc5ccccc5c34)n2)cc1. The van der Waals surface area contributed by atoms with Crippen LogP contribution in [-0.4, -0.2) is 19.9 Å². The number of para-hydroxylation sites is 2. The van der Waals surface area contributed by atoms with Crippen molar-refractivity contribution < 1.29 is 8.83 Å². The molecule has 242 valence electrons. The molecule has 0 spiro atoms. The summed E-state index contributed by atoms with van der Waals surface area (Å²) in [6.07, 6.45) is 0. The third kappa shape index (κ3) is 4.44. The first kappa shape index (κ1) is 28.6. The van der Waals surface area contributed by atoms with Gasteiger partial charge in [-0.25, -0.2) is 19.9 Å². The molecule has 0 saturated carbocycles. The van der Waals surface area contributed by atoms with E-state index >= 15 is 0 Å². The second kappa shape index (κ2) is 11.2. The summed E-state index contributed by atoms with van der Waals surface area (Å²) < 4.78 is 12.5. The molecule has 52 heavy (non-hydrogen) atoms. The van der Waals surface area contributed by atoms with E-state index in [0.29, 0.717) is 23.2 Å². The summed E-state index contributed by atoms with van der Waals surface area (Å²) >= 11 is 0. The lowest BCUT2D eigenvalue weighted by atomic mass is 9.95. The molecular weight excluding hydrogens is 641 g/mol. The Kier molecular flexibility index (Phi) is 6.15. The van der Waals surface area contributed by atoms with E-state index in [0.717, 1.165) is 87.8 Å². The van der Waals surface area contributed by atoms with Crippen molar-refractivity contribution >= 4 is 65.7 Å². The Morgan fingerprint density at radius 3 is 1.90 bits per heavy atom. The van der Waals surface area contributed by atoms with Gasteiger partial charge in [0.15, 0.2) is 17.5 Å². The Morgan fingerprint density at radius 2 is 1.00 bits per heavy atom. The minimum absolute atomic E-state index is 0.592. The van der Waals surface area contributed by atoms with Crippen LogP contribution in [0.3, 0.4) is 0 Å². The fourth-order valence-electron chi connectivity index (χ4n) is 7.53. The Balaban J connectivity index is 1.10. The lowest BCUT2D eigenvalue weighted by Gasteiger charge is -2.12. The monoisotopic (exact) mass is 666 g/mol. The average molecular weight is 667 g/mol. The van der Waals surface area contributed by atoms with Crippen LogP contribution < -0.4 is 0 Å². The molecule has 0 saturated heterocycles. The second-order valence-corrected chi connectivity index (χ2v) is 13.0. The lowest BCUT2D eigenvalue weighted by Crippen LogP contribution is -2.00. The van der Waals surface area contributed by atoms with Crippen molar-refractivity contribution in [3.05, 3.63) is 158 Å². The molecule has 6 heteroatoms. The molecule has 0 N–H and O–H groups in total. The summed E-state index contributed by atoms with van der Waals surface area (Å²) in [5.41, 5.74) is 8.92. The van der Waals surface area contributed by atoms with Crippen LogP contribution in [0.15, 0.2) is 167 Å². The first-order chi connectivity index (χ1) is 25.7. The van der Waals surface area contributed by atoms with Crippen molar-refractivity contribution in [2.45, 2.75) is 0 Å². The van der Waals surface area contributed by atoms with Crippen LogP contribution in [-0.2, 0) is 0 Å². The minimum Gasteiger partial charge on any atom is -0.456 e. The van der Waals surface area contributed by atoms with Crippen molar-refractivity contribution in [2.24, 2.45) is 0 Å². The molecule has 0 atom stereocenters. The fourth-order valence-corrected chi connectivity index (χ4v) is 7.53. The molecule has 11 aromatic rings. The molecule has 4 heterocycles. The van der Waals surface area contributed by atoms with Gasteiger partial charge in [0.2, 0.25) is 5.71 Å². The van der Waals surface area contributed by atoms with Crippen molar-refractivity contribution in [1.29, 1.82) is 0 Å². The van der Waals surface area contributed by atoms with Gasteiger partial charge in [-0.2, -0.15) is 0 Å². The van der Waals surface area contributed by atoms with E-state index in [4.69, 9.17) is 28.8 Å². The molecule has 0 radical (unpaired) electrons. The van der Waals surface area contributed by atoms with Crippen molar-refractivity contribution in [3.8, 4) is 45.3 Å². The van der Waals surface area contributed by atoms with Gasteiger partial charge in [-0.15, -0.1) is 0 Å². The first-order valence-corrected chi connectivity index (χ1v) is 17.2. The molecule has 0 bridgehead atoms. The molecule has 4 aromatic heterocycles. The topological polar surface area (TPSA) is 77.8 Å². The summed E-state index contributed by atoms with van der Waals surface area (Å²) in [5.74, 6) is 1.81. The highest BCUT2D eigenvalue weighted by Gasteiger charge is 2.19. The predicted molar refractivity (Wildman–Crippen MR) is 209 cm³/mol. The van der Waals surface area contributed by atoms with Gasteiger partial charge >= 0.3 is 0 Å². The molecule has 0 aliphatic carbocycles. The van der Waals surface area contributed by atoms with E-state index in [-0.39, 0.29) is 0 Å². The van der Waals surface area contributed by atoms with Crippen molar-refractivity contribution in [2.75, 3.05) is 0 Å². The highest BCUT2D eigenvalue weighted by atomic mass is 16.3. The maximum atomic E-state index is 6.29. The Bertz CT molecular complexity index is 3200. The van der Waals surface area contributed by atoms with Crippen LogP contribution in [0.2, 0.25) is 0 Å². The summed E-state index contributed by atoms with van der Waals surface area (Å²) in [4.78, 5) is 20.2. The molecule has 7 aromatic carbocycles. The van der Waals surface area contributed by atoms with Gasteiger partial charge in [0.1, 0.15) is 16.7 Å². The van der Waals surface area contributed by atoms with Gasteiger partial charge in [0, 0.05) is 43.6 Å². The highest BCUT2D eigenvalue weighted by molar-refractivity contribution is 6.15. The molecule has 6 nitrogen and oxygen atoms in total. The third-order valence-corrected chi connectivity index (χ3v) is 9.93. The number of aromatic nitrogens is 4. The zero-order valence-electron chi connectivity index (χ0n) is 27.6. The summed E-state index contributed by atoms with van der Waals surface area (Å²) in [6, 6.07) is 53.6. The zero-order chi connectivity index (χ0) is 34.2. The molecule has 0 aliphatic heterocycles. The maximum Gasteiger partial charge on any atom is 0.227 e. The standard InChI is InChI=1S/C46H26N4O2/c1-2-11-27(12-3-1)43-48-44(50-45(49-43)35-18-10-21-39-42(35)34-15-5-7-20-38(34)51-39)33-17-8-14-28-25-29(23-24-31(28)33)32-16-9-22-40-41(32)36-26-30-13-4-6-19-37(30)47-46(36)52-40/h1-26H. The Hall–Kier alpha value is -7.18. The van der Waals surface area contributed by atoms with E-state index in [1.165, 1.54) is 0 Å². The highest BCUT2D eigenvalue weighted by Crippen LogP contribution is 2.40. The van der Waals surface area contributed by atoms with Crippen molar-refractivity contribution in [3.63, 3.8) is 0 Å². The van der Waals surface area contributed by atoms with E-state index < -0.39 is 0 Å². The number of hydrogen-bond donors (Lipinski definition) is 0. The van der Waals surface area contributed by atoms with Crippen molar-refractivity contribution in [1.82, 2.24) is 19.9 Å².